The fraction of sp³-hybridized carbons (Fsp3) is 0.571. The molecule has 16 heavy (non-hydrogen) atoms. The second-order valence-electron chi connectivity index (χ2n) is 5.05. The highest BCUT2D eigenvalue weighted by Gasteiger charge is 2.06. The van der Waals surface area contributed by atoms with Gasteiger partial charge in [0, 0.05) is 17.6 Å². The molecule has 0 saturated carbocycles. The van der Waals surface area contributed by atoms with Crippen LogP contribution < -0.4 is 5.32 Å². The number of rotatable bonds is 5. The summed E-state index contributed by atoms with van der Waals surface area (Å²) in [6, 6.07) is 6.72. The van der Waals surface area contributed by atoms with Crippen LogP contribution in [0.15, 0.2) is 18.2 Å². The van der Waals surface area contributed by atoms with E-state index in [2.05, 4.69) is 45.1 Å². The lowest BCUT2D eigenvalue weighted by Crippen LogP contribution is -2.22. The van der Waals surface area contributed by atoms with Crippen molar-refractivity contribution >= 4 is 11.6 Å². The molecule has 0 aromatic heterocycles. The molecule has 1 nitrogen and oxygen atoms in total. The number of hydrogen-bond donors (Lipinski definition) is 1. The average Bonchev–Trinajstić information content (AvgIpc) is 2.15. The summed E-state index contributed by atoms with van der Waals surface area (Å²) in [4.78, 5) is 0. The van der Waals surface area contributed by atoms with Gasteiger partial charge in [-0.15, -0.1) is 0 Å². The molecule has 0 aliphatic rings. The second kappa shape index (κ2) is 6.27. The SMILES string of the molecule is CC(C)Cc1cc(Cl)ccc1CNC(C)C. The summed E-state index contributed by atoms with van der Waals surface area (Å²) in [5, 5.41) is 4.29. The van der Waals surface area contributed by atoms with Gasteiger partial charge in [0.1, 0.15) is 0 Å². The zero-order valence-electron chi connectivity index (χ0n) is 10.7. The standard InChI is InChI=1S/C14H22ClN/c1-10(2)7-13-8-14(15)6-5-12(13)9-16-11(3)4/h5-6,8,10-11,16H,7,9H2,1-4H3. The van der Waals surface area contributed by atoms with Crippen LogP contribution in [0.5, 0.6) is 0 Å². The molecule has 0 amide bonds. The van der Waals surface area contributed by atoms with Gasteiger partial charge in [-0.3, -0.25) is 0 Å². The third-order valence-corrected chi connectivity index (χ3v) is 2.73. The van der Waals surface area contributed by atoms with Gasteiger partial charge in [0.15, 0.2) is 0 Å². The Morgan fingerprint density at radius 1 is 1.12 bits per heavy atom. The molecule has 0 spiro atoms. The van der Waals surface area contributed by atoms with Gasteiger partial charge in [-0.25, -0.2) is 0 Å². The molecule has 0 atom stereocenters. The van der Waals surface area contributed by atoms with Gasteiger partial charge in [0.25, 0.3) is 0 Å². The first-order chi connectivity index (χ1) is 7.49. The van der Waals surface area contributed by atoms with Crippen molar-refractivity contribution in [2.75, 3.05) is 0 Å². The third-order valence-electron chi connectivity index (χ3n) is 2.50. The van der Waals surface area contributed by atoms with Crippen molar-refractivity contribution in [1.82, 2.24) is 5.32 Å². The number of nitrogens with one attached hydrogen (secondary N) is 1. The monoisotopic (exact) mass is 239 g/mol. The lowest BCUT2D eigenvalue weighted by molar-refractivity contribution is 0.579. The van der Waals surface area contributed by atoms with Crippen molar-refractivity contribution in [3.8, 4) is 0 Å². The lowest BCUT2D eigenvalue weighted by Gasteiger charge is -2.14. The van der Waals surface area contributed by atoms with E-state index in [0.29, 0.717) is 12.0 Å². The minimum absolute atomic E-state index is 0.516. The number of benzene rings is 1. The summed E-state index contributed by atoms with van der Waals surface area (Å²) >= 11 is 6.04. The van der Waals surface area contributed by atoms with Gasteiger partial charge in [0.2, 0.25) is 0 Å². The smallest absolute Gasteiger partial charge is 0.0408 e. The Balaban J connectivity index is 2.80. The van der Waals surface area contributed by atoms with E-state index in [9.17, 15) is 0 Å². The predicted octanol–water partition coefficient (Wildman–Crippen LogP) is 4.04. The maximum atomic E-state index is 6.04. The first kappa shape index (κ1) is 13.5. The van der Waals surface area contributed by atoms with Crippen molar-refractivity contribution < 1.29 is 0 Å². The molecule has 0 fully saturated rings. The van der Waals surface area contributed by atoms with Gasteiger partial charge >= 0.3 is 0 Å². The number of halogens is 1. The van der Waals surface area contributed by atoms with Crippen LogP contribution in [0.2, 0.25) is 5.02 Å². The molecule has 0 radical (unpaired) electrons. The van der Waals surface area contributed by atoms with E-state index in [1.807, 2.05) is 6.07 Å². The summed E-state index contributed by atoms with van der Waals surface area (Å²) in [7, 11) is 0. The third kappa shape index (κ3) is 4.54. The highest BCUT2D eigenvalue weighted by atomic mass is 35.5. The quantitative estimate of drug-likeness (QED) is 0.818. The van der Waals surface area contributed by atoms with Crippen molar-refractivity contribution in [3.63, 3.8) is 0 Å². The molecular formula is C14H22ClN. The van der Waals surface area contributed by atoms with Crippen LogP contribution in [0.25, 0.3) is 0 Å². The van der Waals surface area contributed by atoms with E-state index < -0.39 is 0 Å². The summed E-state index contributed by atoms with van der Waals surface area (Å²) in [5.41, 5.74) is 2.74. The Bertz CT molecular complexity index is 332. The number of hydrogen-bond acceptors (Lipinski definition) is 1. The normalized spacial score (nSPS) is 11.4. The topological polar surface area (TPSA) is 12.0 Å². The maximum absolute atomic E-state index is 6.04. The summed E-state index contributed by atoms with van der Waals surface area (Å²) in [5.74, 6) is 0.663. The van der Waals surface area contributed by atoms with Crippen LogP contribution in [0.4, 0.5) is 0 Å². The summed E-state index contributed by atoms with van der Waals surface area (Å²) < 4.78 is 0. The first-order valence-electron chi connectivity index (χ1n) is 5.99. The Labute approximate surface area is 104 Å². The minimum Gasteiger partial charge on any atom is -0.310 e. The molecule has 2 heteroatoms. The van der Waals surface area contributed by atoms with Crippen LogP contribution >= 0.6 is 11.6 Å². The van der Waals surface area contributed by atoms with E-state index in [0.717, 1.165) is 18.0 Å². The van der Waals surface area contributed by atoms with Crippen LogP contribution in [-0.2, 0) is 13.0 Å². The highest BCUT2D eigenvalue weighted by Crippen LogP contribution is 2.19. The Morgan fingerprint density at radius 3 is 2.38 bits per heavy atom. The van der Waals surface area contributed by atoms with Gasteiger partial charge in [0.05, 0.1) is 0 Å². The highest BCUT2D eigenvalue weighted by molar-refractivity contribution is 6.30. The first-order valence-corrected chi connectivity index (χ1v) is 6.37. The molecule has 0 aliphatic carbocycles. The predicted molar refractivity (Wildman–Crippen MR) is 72.0 cm³/mol. The molecule has 1 N–H and O–H groups in total. The molecule has 0 bridgehead atoms. The average molecular weight is 240 g/mol. The van der Waals surface area contributed by atoms with Crippen LogP contribution in [0.1, 0.15) is 38.8 Å². The zero-order chi connectivity index (χ0) is 12.1. The summed E-state index contributed by atoms with van der Waals surface area (Å²) in [6.45, 7) is 9.73. The van der Waals surface area contributed by atoms with E-state index in [-0.39, 0.29) is 0 Å². The minimum atomic E-state index is 0.516. The lowest BCUT2D eigenvalue weighted by atomic mass is 9.98. The molecule has 1 aromatic rings. The Morgan fingerprint density at radius 2 is 1.81 bits per heavy atom. The van der Waals surface area contributed by atoms with Gasteiger partial charge < -0.3 is 5.32 Å². The molecule has 0 aliphatic heterocycles. The fourth-order valence-electron chi connectivity index (χ4n) is 1.71. The molecular weight excluding hydrogens is 218 g/mol. The Kier molecular flexibility index (Phi) is 5.30. The maximum Gasteiger partial charge on any atom is 0.0408 e. The molecule has 0 saturated heterocycles. The van der Waals surface area contributed by atoms with Crippen molar-refractivity contribution in [3.05, 3.63) is 34.3 Å². The second-order valence-corrected chi connectivity index (χ2v) is 5.48. The van der Waals surface area contributed by atoms with Gasteiger partial charge in [-0.2, -0.15) is 0 Å². The van der Waals surface area contributed by atoms with Crippen LogP contribution in [-0.4, -0.2) is 6.04 Å². The molecule has 1 rings (SSSR count). The Hall–Kier alpha value is -0.530. The fourth-order valence-corrected chi connectivity index (χ4v) is 1.91. The van der Waals surface area contributed by atoms with Crippen LogP contribution in [0, 0.1) is 5.92 Å². The van der Waals surface area contributed by atoms with Crippen molar-refractivity contribution in [2.45, 2.75) is 46.7 Å². The van der Waals surface area contributed by atoms with Gasteiger partial charge in [-0.1, -0.05) is 45.4 Å². The molecule has 1 aromatic carbocycles. The largest absolute Gasteiger partial charge is 0.310 e. The molecule has 90 valence electrons. The molecule has 0 unspecified atom stereocenters. The van der Waals surface area contributed by atoms with Crippen LogP contribution in [0.3, 0.4) is 0 Å². The summed E-state index contributed by atoms with van der Waals surface area (Å²) in [6.07, 6.45) is 1.09. The van der Waals surface area contributed by atoms with E-state index in [4.69, 9.17) is 11.6 Å². The van der Waals surface area contributed by atoms with E-state index >= 15 is 0 Å². The van der Waals surface area contributed by atoms with Gasteiger partial charge in [-0.05, 0) is 35.6 Å². The van der Waals surface area contributed by atoms with E-state index in [1.54, 1.807) is 0 Å². The zero-order valence-corrected chi connectivity index (χ0v) is 11.4. The van der Waals surface area contributed by atoms with E-state index in [1.165, 1.54) is 11.1 Å². The van der Waals surface area contributed by atoms with Crippen molar-refractivity contribution in [2.24, 2.45) is 5.92 Å². The van der Waals surface area contributed by atoms with Crippen molar-refractivity contribution in [1.29, 1.82) is 0 Å². The molecule has 0 heterocycles.